The highest BCUT2D eigenvalue weighted by atomic mass is 16.2. The molecule has 31 heavy (non-hydrogen) atoms. The third-order valence-corrected chi connectivity index (χ3v) is 6.78. The van der Waals surface area contributed by atoms with Gasteiger partial charge in [0.05, 0.1) is 17.5 Å². The van der Waals surface area contributed by atoms with Crippen LogP contribution in [0.5, 0.6) is 0 Å². The first-order valence-electron chi connectivity index (χ1n) is 11.0. The van der Waals surface area contributed by atoms with Gasteiger partial charge in [-0.1, -0.05) is 25.5 Å². The first kappa shape index (κ1) is 19.7. The summed E-state index contributed by atoms with van der Waals surface area (Å²) in [5.74, 6) is 1.19. The minimum Gasteiger partial charge on any atom is -0.338 e. The van der Waals surface area contributed by atoms with Crippen LogP contribution in [0, 0.1) is 12.8 Å². The Morgan fingerprint density at radius 2 is 2.03 bits per heavy atom. The zero-order valence-corrected chi connectivity index (χ0v) is 17.9. The molecule has 7 nitrogen and oxygen atoms in total. The van der Waals surface area contributed by atoms with Crippen molar-refractivity contribution in [3.8, 4) is 5.82 Å². The van der Waals surface area contributed by atoms with Crippen molar-refractivity contribution >= 4 is 5.91 Å². The molecule has 2 aliphatic heterocycles. The van der Waals surface area contributed by atoms with Crippen molar-refractivity contribution in [2.45, 2.75) is 45.1 Å². The van der Waals surface area contributed by atoms with Crippen LogP contribution in [0.15, 0.2) is 53.6 Å². The van der Waals surface area contributed by atoms with Gasteiger partial charge in [0.15, 0.2) is 5.82 Å². The van der Waals surface area contributed by atoms with E-state index in [1.807, 2.05) is 40.7 Å². The van der Waals surface area contributed by atoms with E-state index in [4.69, 9.17) is 0 Å². The Kier molecular flexibility index (Phi) is 4.96. The monoisotopic (exact) mass is 417 g/mol. The van der Waals surface area contributed by atoms with Crippen LogP contribution in [-0.2, 0) is 0 Å². The lowest BCUT2D eigenvalue weighted by atomic mass is 9.77. The Labute approximate surface area is 181 Å². The van der Waals surface area contributed by atoms with Crippen LogP contribution in [0.4, 0.5) is 0 Å². The number of fused-ring (bicyclic) bond motifs is 4. The van der Waals surface area contributed by atoms with Crippen molar-refractivity contribution < 1.29 is 4.79 Å². The number of pyridine rings is 2. The Bertz CT molecular complexity index is 1170. The lowest BCUT2D eigenvalue weighted by Crippen LogP contribution is -2.51. The highest BCUT2D eigenvalue weighted by Gasteiger charge is 2.41. The summed E-state index contributed by atoms with van der Waals surface area (Å²) in [5.41, 5.74) is 2.56. The van der Waals surface area contributed by atoms with Crippen molar-refractivity contribution in [2.24, 2.45) is 5.92 Å². The molecule has 5 rings (SSSR count). The van der Waals surface area contributed by atoms with Crippen molar-refractivity contribution in [3.05, 3.63) is 76.1 Å². The number of rotatable bonds is 4. The molecule has 0 aromatic carbocycles. The van der Waals surface area contributed by atoms with Crippen molar-refractivity contribution in [2.75, 3.05) is 13.1 Å². The van der Waals surface area contributed by atoms with Crippen LogP contribution in [0.25, 0.3) is 5.82 Å². The average molecular weight is 418 g/mol. The molecule has 3 aromatic heterocycles. The predicted octanol–water partition coefficient (Wildman–Crippen LogP) is 3.34. The molecule has 0 N–H and O–H groups in total. The topological polar surface area (TPSA) is 73.0 Å². The predicted molar refractivity (Wildman–Crippen MR) is 117 cm³/mol. The quantitative estimate of drug-likeness (QED) is 0.653. The van der Waals surface area contributed by atoms with E-state index < -0.39 is 0 Å². The van der Waals surface area contributed by atoms with Gasteiger partial charge in [0.25, 0.3) is 11.5 Å². The fourth-order valence-corrected chi connectivity index (χ4v) is 5.37. The van der Waals surface area contributed by atoms with Gasteiger partial charge in [0, 0.05) is 43.0 Å². The van der Waals surface area contributed by atoms with E-state index in [0.29, 0.717) is 30.4 Å². The van der Waals surface area contributed by atoms with Gasteiger partial charge in [-0.3, -0.25) is 9.59 Å². The third-order valence-electron chi connectivity index (χ3n) is 6.78. The fourth-order valence-electron chi connectivity index (χ4n) is 5.37. The molecule has 1 saturated heterocycles. The summed E-state index contributed by atoms with van der Waals surface area (Å²) in [6, 6.07) is 11.4. The minimum atomic E-state index is 0.0105. The van der Waals surface area contributed by atoms with Crippen molar-refractivity contribution in [1.29, 1.82) is 0 Å². The lowest BCUT2D eigenvalue weighted by molar-refractivity contribution is 0.0518. The first-order valence-corrected chi connectivity index (χ1v) is 11.0. The summed E-state index contributed by atoms with van der Waals surface area (Å²) in [5, 5.41) is 4.43. The van der Waals surface area contributed by atoms with Crippen LogP contribution in [-0.4, -0.2) is 43.2 Å². The molecule has 2 bridgehead atoms. The van der Waals surface area contributed by atoms with Gasteiger partial charge >= 0.3 is 0 Å². The Morgan fingerprint density at radius 3 is 2.81 bits per heavy atom. The van der Waals surface area contributed by atoms with E-state index in [-0.39, 0.29) is 23.4 Å². The number of amides is 1. The summed E-state index contributed by atoms with van der Waals surface area (Å²) in [4.78, 5) is 32.5. The number of aromatic nitrogens is 4. The molecule has 5 heterocycles. The molecule has 3 aromatic rings. The van der Waals surface area contributed by atoms with Crippen LogP contribution in [0.3, 0.4) is 0 Å². The molecule has 1 fully saturated rings. The zero-order valence-electron chi connectivity index (χ0n) is 17.9. The summed E-state index contributed by atoms with van der Waals surface area (Å²) in [6.45, 7) is 5.37. The maximum atomic E-state index is 13.5. The van der Waals surface area contributed by atoms with Gasteiger partial charge in [-0.2, -0.15) is 5.10 Å². The number of carbonyl (C=O) groups is 1. The van der Waals surface area contributed by atoms with Gasteiger partial charge in [0.1, 0.15) is 0 Å². The van der Waals surface area contributed by atoms with Crippen LogP contribution in [0.1, 0.15) is 59.9 Å². The Balaban J connectivity index is 1.47. The molecule has 3 atom stereocenters. The molecule has 160 valence electrons. The summed E-state index contributed by atoms with van der Waals surface area (Å²) in [7, 11) is 0. The maximum absolute atomic E-state index is 13.5. The lowest BCUT2D eigenvalue weighted by Gasteiger charge is -2.47. The molecule has 0 aliphatic carbocycles. The van der Waals surface area contributed by atoms with Crippen molar-refractivity contribution in [1.82, 2.24) is 24.2 Å². The van der Waals surface area contributed by atoms with E-state index in [2.05, 4.69) is 23.1 Å². The Morgan fingerprint density at radius 1 is 1.16 bits per heavy atom. The van der Waals surface area contributed by atoms with Crippen molar-refractivity contribution in [3.63, 3.8) is 0 Å². The second-order valence-corrected chi connectivity index (χ2v) is 8.66. The summed E-state index contributed by atoms with van der Waals surface area (Å²) >= 11 is 0. The van der Waals surface area contributed by atoms with Crippen LogP contribution < -0.4 is 5.56 Å². The molecule has 0 radical (unpaired) electrons. The number of piperidine rings is 1. The molecule has 0 saturated carbocycles. The smallest absolute Gasteiger partial charge is 0.257 e. The number of hydrogen-bond acceptors (Lipinski definition) is 4. The van der Waals surface area contributed by atoms with E-state index in [1.54, 1.807) is 23.1 Å². The highest BCUT2D eigenvalue weighted by Crippen LogP contribution is 2.43. The van der Waals surface area contributed by atoms with Crippen LogP contribution in [0.2, 0.25) is 0 Å². The van der Waals surface area contributed by atoms with E-state index in [9.17, 15) is 9.59 Å². The Hall–Kier alpha value is -3.22. The minimum absolute atomic E-state index is 0.0105. The number of carbonyl (C=O) groups excluding carboxylic acids is 1. The number of hydrogen-bond donors (Lipinski definition) is 0. The molecule has 0 unspecified atom stereocenters. The third kappa shape index (κ3) is 3.28. The zero-order chi connectivity index (χ0) is 21.5. The highest BCUT2D eigenvalue weighted by molar-refractivity contribution is 5.95. The standard InChI is InChI=1S/C24H27N5O2/c1-3-7-20-17-12-18(21-8-6-10-23(30)28(20)21)15-27(14-17)24(31)19-13-26-29(16(19)2)22-9-4-5-11-25-22/h4-6,8-11,13,17-18,20H,3,7,12,14-15H2,1-2H3/t17-,18+,20-/m0/s1. The van der Waals surface area contributed by atoms with Gasteiger partial charge in [-0.25, -0.2) is 9.67 Å². The summed E-state index contributed by atoms with van der Waals surface area (Å²) in [6.07, 6.45) is 6.36. The molecular formula is C24H27N5O2. The molecule has 0 spiro atoms. The molecule has 2 aliphatic rings. The van der Waals surface area contributed by atoms with Gasteiger partial charge < -0.3 is 9.47 Å². The second kappa shape index (κ2) is 7.80. The van der Waals surface area contributed by atoms with E-state index in [0.717, 1.165) is 30.7 Å². The number of nitrogens with zero attached hydrogens (tertiary/aromatic N) is 5. The largest absolute Gasteiger partial charge is 0.338 e. The van der Waals surface area contributed by atoms with Crippen LogP contribution >= 0.6 is 0 Å². The van der Waals surface area contributed by atoms with Gasteiger partial charge in [0.2, 0.25) is 0 Å². The first-order chi connectivity index (χ1) is 15.1. The average Bonchev–Trinajstić information content (AvgIpc) is 3.18. The molecule has 1 amide bonds. The van der Waals surface area contributed by atoms with E-state index >= 15 is 0 Å². The SMILES string of the molecule is CCC[C@H]1[C@H]2C[C@H](CN(C(=O)c3cnn(-c4ccccn4)c3C)C2)c2cccc(=O)n21. The summed E-state index contributed by atoms with van der Waals surface area (Å²) < 4.78 is 3.72. The van der Waals surface area contributed by atoms with Gasteiger partial charge in [-0.15, -0.1) is 0 Å². The normalized spacial score (nSPS) is 22.3. The van der Waals surface area contributed by atoms with E-state index in [1.165, 1.54) is 0 Å². The molecule has 7 heteroatoms. The number of likely N-dealkylation sites (tertiary alicyclic amines) is 1. The maximum Gasteiger partial charge on any atom is 0.257 e. The molecular weight excluding hydrogens is 390 g/mol. The van der Waals surface area contributed by atoms with Gasteiger partial charge in [-0.05, 0) is 43.9 Å². The fraction of sp³-hybridized carbons (Fsp3) is 0.417. The second-order valence-electron chi connectivity index (χ2n) is 8.66.